The highest BCUT2D eigenvalue weighted by molar-refractivity contribution is 7.09. The molecule has 0 saturated heterocycles. The van der Waals surface area contributed by atoms with Crippen molar-refractivity contribution in [1.82, 2.24) is 5.32 Å². The van der Waals surface area contributed by atoms with Gasteiger partial charge in [-0.05, 0) is 36.1 Å². The summed E-state index contributed by atoms with van der Waals surface area (Å²) in [5, 5.41) is 16.2. The van der Waals surface area contributed by atoms with Crippen LogP contribution in [0, 0.1) is 0 Å². The molecule has 0 unspecified atom stereocenters. The van der Waals surface area contributed by atoms with Crippen molar-refractivity contribution in [3.8, 4) is 0 Å². The quantitative estimate of drug-likeness (QED) is 0.792. The van der Waals surface area contributed by atoms with Gasteiger partial charge in [-0.15, -0.1) is 11.3 Å². The predicted molar refractivity (Wildman–Crippen MR) is 78.4 cm³/mol. The SMILES string of the molecule is O=C(NCCc1cccs1)Nc1cccc(C(=O)O)c1. The third-order valence-corrected chi connectivity index (χ3v) is 3.54. The summed E-state index contributed by atoms with van der Waals surface area (Å²) in [5.41, 5.74) is 0.597. The van der Waals surface area contributed by atoms with Crippen molar-refractivity contribution in [2.45, 2.75) is 6.42 Å². The highest BCUT2D eigenvalue weighted by Crippen LogP contribution is 2.11. The maximum atomic E-state index is 11.7. The average Bonchev–Trinajstić information content (AvgIpc) is 2.92. The Hall–Kier alpha value is -2.34. The predicted octanol–water partition coefficient (Wildman–Crippen LogP) is 2.81. The summed E-state index contributed by atoms with van der Waals surface area (Å²) in [6.45, 7) is 0.533. The van der Waals surface area contributed by atoms with E-state index in [0.29, 0.717) is 12.2 Å². The minimum Gasteiger partial charge on any atom is -0.478 e. The van der Waals surface area contributed by atoms with Crippen molar-refractivity contribution in [2.24, 2.45) is 0 Å². The minimum atomic E-state index is -1.02. The number of rotatable bonds is 5. The molecule has 0 fully saturated rings. The van der Waals surface area contributed by atoms with E-state index in [0.717, 1.165) is 6.42 Å². The Labute approximate surface area is 120 Å². The standard InChI is InChI=1S/C14H14N2O3S/c17-13(18)10-3-1-4-11(9-10)16-14(19)15-7-6-12-5-2-8-20-12/h1-5,8-9H,6-7H2,(H,17,18)(H2,15,16,19). The first-order valence-corrected chi connectivity index (χ1v) is 6.94. The molecule has 0 aliphatic carbocycles. The Morgan fingerprint density at radius 1 is 1.20 bits per heavy atom. The lowest BCUT2D eigenvalue weighted by atomic mass is 10.2. The summed E-state index contributed by atoms with van der Waals surface area (Å²) < 4.78 is 0. The average molecular weight is 290 g/mol. The number of thiophene rings is 1. The van der Waals surface area contributed by atoms with E-state index in [4.69, 9.17) is 5.11 Å². The van der Waals surface area contributed by atoms with E-state index in [1.807, 2.05) is 17.5 Å². The molecule has 104 valence electrons. The Morgan fingerprint density at radius 3 is 2.75 bits per heavy atom. The summed E-state index contributed by atoms with van der Waals surface area (Å²) >= 11 is 1.65. The zero-order valence-electron chi connectivity index (χ0n) is 10.6. The highest BCUT2D eigenvalue weighted by atomic mass is 32.1. The highest BCUT2D eigenvalue weighted by Gasteiger charge is 2.05. The van der Waals surface area contributed by atoms with E-state index in [1.54, 1.807) is 23.5 Å². The molecule has 0 bridgehead atoms. The number of anilines is 1. The number of nitrogens with one attached hydrogen (secondary N) is 2. The fourth-order valence-corrected chi connectivity index (χ4v) is 2.37. The molecular weight excluding hydrogens is 276 g/mol. The molecule has 5 nitrogen and oxygen atoms in total. The number of hydrogen-bond acceptors (Lipinski definition) is 3. The largest absolute Gasteiger partial charge is 0.478 e. The Kier molecular flexibility index (Phi) is 4.73. The van der Waals surface area contributed by atoms with Gasteiger partial charge >= 0.3 is 12.0 Å². The summed E-state index contributed by atoms with van der Waals surface area (Å²) in [6, 6.07) is 9.77. The number of hydrogen-bond donors (Lipinski definition) is 3. The van der Waals surface area contributed by atoms with E-state index >= 15 is 0 Å². The van der Waals surface area contributed by atoms with Gasteiger partial charge in [0.05, 0.1) is 5.56 Å². The van der Waals surface area contributed by atoms with Crippen LogP contribution in [0.2, 0.25) is 0 Å². The second-order valence-electron chi connectivity index (χ2n) is 4.10. The number of benzene rings is 1. The van der Waals surface area contributed by atoms with Crippen molar-refractivity contribution >= 4 is 29.0 Å². The molecule has 3 N–H and O–H groups in total. The third-order valence-electron chi connectivity index (χ3n) is 2.60. The van der Waals surface area contributed by atoms with Gasteiger partial charge in [0.1, 0.15) is 0 Å². The first-order chi connectivity index (χ1) is 9.65. The lowest BCUT2D eigenvalue weighted by molar-refractivity contribution is 0.0697. The van der Waals surface area contributed by atoms with E-state index in [2.05, 4.69) is 10.6 Å². The van der Waals surface area contributed by atoms with Gasteiger partial charge in [-0.1, -0.05) is 12.1 Å². The van der Waals surface area contributed by atoms with Crippen molar-refractivity contribution in [3.05, 3.63) is 52.2 Å². The van der Waals surface area contributed by atoms with Crippen molar-refractivity contribution in [1.29, 1.82) is 0 Å². The molecular formula is C14H14N2O3S. The Morgan fingerprint density at radius 2 is 2.05 bits per heavy atom. The number of amides is 2. The van der Waals surface area contributed by atoms with Crippen LogP contribution in [0.15, 0.2) is 41.8 Å². The Balaban J connectivity index is 1.82. The second kappa shape index (κ2) is 6.72. The van der Waals surface area contributed by atoms with E-state index in [9.17, 15) is 9.59 Å². The lowest BCUT2D eigenvalue weighted by Gasteiger charge is -2.07. The van der Waals surface area contributed by atoms with Gasteiger partial charge in [-0.2, -0.15) is 0 Å². The van der Waals surface area contributed by atoms with Crippen molar-refractivity contribution in [3.63, 3.8) is 0 Å². The summed E-state index contributed by atoms with van der Waals surface area (Å²) in [4.78, 5) is 23.7. The monoisotopic (exact) mass is 290 g/mol. The maximum Gasteiger partial charge on any atom is 0.335 e. The van der Waals surface area contributed by atoms with Gasteiger partial charge in [0.15, 0.2) is 0 Å². The number of carbonyl (C=O) groups excluding carboxylic acids is 1. The second-order valence-corrected chi connectivity index (χ2v) is 5.13. The summed E-state index contributed by atoms with van der Waals surface area (Å²) in [7, 11) is 0. The molecule has 20 heavy (non-hydrogen) atoms. The van der Waals surface area contributed by atoms with Gasteiger partial charge in [-0.3, -0.25) is 0 Å². The van der Waals surface area contributed by atoms with E-state index in [1.165, 1.54) is 17.0 Å². The van der Waals surface area contributed by atoms with Crippen LogP contribution < -0.4 is 10.6 Å². The molecule has 0 saturated carbocycles. The number of carboxylic acid groups (broad SMARTS) is 1. The topological polar surface area (TPSA) is 78.4 Å². The number of carboxylic acids is 1. The maximum absolute atomic E-state index is 11.7. The normalized spacial score (nSPS) is 10.0. The molecule has 2 amide bonds. The number of aromatic carboxylic acids is 1. The van der Waals surface area contributed by atoms with Crippen LogP contribution in [0.5, 0.6) is 0 Å². The fraction of sp³-hybridized carbons (Fsp3) is 0.143. The van der Waals surface area contributed by atoms with E-state index in [-0.39, 0.29) is 11.6 Å². The van der Waals surface area contributed by atoms with Gasteiger partial charge in [0, 0.05) is 17.1 Å². The minimum absolute atomic E-state index is 0.140. The van der Waals surface area contributed by atoms with Gasteiger partial charge in [0.2, 0.25) is 0 Å². The molecule has 0 aliphatic heterocycles. The summed E-state index contributed by atoms with van der Waals surface area (Å²) in [6.07, 6.45) is 0.778. The summed E-state index contributed by atoms with van der Waals surface area (Å²) in [5.74, 6) is -1.02. The fourth-order valence-electron chi connectivity index (χ4n) is 1.66. The van der Waals surface area contributed by atoms with Crippen molar-refractivity contribution in [2.75, 3.05) is 11.9 Å². The molecule has 0 aliphatic rings. The van der Waals surface area contributed by atoms with Gasteiger partial charge in [-0.25, -0.2) is 9.59 Å². The van der Waals surface area contributed by atoms with Crippen LogP contribution in [0.3, 0.4) is 0 Å². The molecule has 0 atom stereocenters. The molecule has 2 aromatic rings. The molecule has 1 heterocycles. The number of urea groups is 1. The van der Waals surface area contributed by atoms with Gasteiger partial charge < -0.3 is 15.7 Å². The van der Waals surface area contributed by atoms with Crippen LogP contribution in [0.4, 0.5) is 10.5 Å². The van der Waals surface area contributed by atoms with Crippen LogP contribution in [0.25, 0.3) is 0 Å². The third kappa shape index (κ3) is 4.10. The molecule has 0 spiro atoms. The molecule has 6 heteroatoms. The zero-order chi connectivity index (χ0) is 14.4. The number of carbonyl (C=O) groups is 2. The molecule has 2 rings (SSSR count). The Bertz CT molecular complexity index is 596. The first-order valence-electron chi connectivity index (χ1n) is 6.06. The van der Waals surface area contributed by atoms with Crippen molar-refractivity contribution < 1.29 is 14.7 Å². The van der Waals surface area contributed by atoms with Crippen LogP contribution in [-0.4, -0.2) is 23.7 Å². The zero-order valence-corrected chi connectivity index (χ0v) is 11.4. The molecule has 1 aromatic carbocycles. The lowest BCUT2D eigenvalue weighted by Crippen LogP contribution is -2.30. The molecule has 1 aromatic heterocycles. The van der Waals surface area contributed by atoms with Gasteiger partial charge in [0.25, 0.3) is 0 Å². The first kappa shape index (κ1) is 14.1. The van der Waals surface area contributed by atoms with Crippen LogP contribution in [-0.2, 0) is 6.42 Å². The molecule has 0 radical (unpaired) electrons. The van der Waals surface area contributed by atoms with Crippen LogP contribution in [0.1, 0.15) is 15.2 Å². The van der Waals surface area contributed by atoms with E-state index < -0.39 is 5.97 Å². The van der Waals surface area contributed by atoms with Crippen LogP contribution >= 0.6 is 11.3 Å². The smallest absolute Gasteiger partial charge is 0.335 e.